The van der Waals surface area contributed by atoms with E-state index in [-0.39, 0.29) is 4.90 Å². The summed E-state index contributed by atoms with van der Waals surface area (Å²) in [5.74, 6) is 0. The van der Waals surface area contributed by atoms with Gasteiger partial charge in [0, 0.05) is 27.4 Å². The zero-order chi connectivity index (χ0) is 19.8. The van der Waals surface area contributed by atoms with Crippen molar-refractivity contribution in [1.29, 1.82) is 0 Å². The number of rotatable bonds is 4. The van der Waals surface area contributed by atoms with E-state index in [1.807, 2.05) is 48.5 Å². The molecule has 5 heteroatoms. The number of sulfonamides is 1. The van der Waals surface area contributed by atoms with E-state index >= 15 is 0 Å². The summed E-state index contributed by atoms with van der Waals surface area (Å²) in [5, 5.41) is 2.26. The minimum Gasteiger partial charge on any atom is -0.354 e. The van der Waals surface area contributed by atoms with Gasteiger partial charge < -0.3 is 4.98 Å². The molecule has 0 aliphatic heterocycles. The number of H-pyrrole nitrogens is 1. The van der Waals surface area contributed by atoms with Crippen LogP contribution in [0.1, 0.15) is 0 Å². The van der Waals surface area contributed by atoms with E-state index in [4.69, 9.17) is 0 Å². The lowest BCUT2D eigenvalue weighted by Gasteiger charge is -2.13. The third-order valence-electron chi connectivity index (χ3n) is 5.06. The SMILES string of the molecule is O=S(=O)(Nc1ccccc1-c1cccc2c1[nH]c1ccccc12)c1ccccc1. The average Bonchev–Trinajstić information content (AvgIpc) is 3.14. The van der Waals surface area contributed by atoms with Gasteiger partial charge in [0.2, 0.25) is 0 Å². The van der Waals surface area contributed by atoms with Gasteiger partial charge in [-0.2, -0.15) is 0 Å². The Balaban J connectivity index is 1.67. The Bertz CT molecular complexity index is 1440. The molecule has 4 nitrogen and oxygen atoms in total. The van der Waals surface area contributed by atoms with Crippen LogP contribution in [-0.2, 0) is 10.0 Å². The Morgan fingerprint density at radius 2 is 1.28 bits per heavy atom. The molecule has 0 spiro atoms. The minimum absolute atomic E-state index is 0.235. The quantitative estimate of drug-likeness (QED) is 0.402. The Morgan fingerprint density at radius 1 is 0.621 bits per heavy atom. The topological polar surface area (TPSA) is 62.0 Å². The summed E-state index contributed by atoms with van der Waals surface area (Å²) >= 11 is 0. The first-order valence-corrected chi connectivity index (χ1v) is 10.8. The number of hydrogen-bond donors (Lipinski definition) is 2. The van der Waals surface area contributed by atoms with Crippen LogP contribution in [0.2, 0.25) is 0 Å². The molecule has 5 rings (SSSR count). The number of nitrogens with one attached hydrogen (secondary N) is 2. The van der Waals surface area contributed by atoms with Gasteiger partial charge in [-0.1, -0.05) is 72.8 Å². The van der Waals surface area contributed by atoms with Gasteiger partial charge >= 0.3 is 0 Å². The Labute approximate surface area is 168 Å². The summed E-state index contributed by atoms with van der Waals surface area (Å²) in [6, 6.07) is 30.1. The van der Waals surface area contributed by atoms with Crippen molar-refractivity contribution >= 4 is 37.5 Å². The fourth-order valence-corrected chi connectivity index (χ4v) is 4.81. The zero-order valence-corrected chi connectivity index (χ0v) is 16.3. The monoisotopic (exact) mass is 398 g/mol. The number of benzene rings is 4. The maximum Gasteiger partial charge on any atom is 0.261 e. The molecular weight excluding hydrogens is 380 g/mol. The lowest BCUT2D eigenvalue weighted by Crippen LogP contribution is -2.13. The largest absolute Gasteiger partial charge is 0.354 e. The van der Waals surface area contributed by atoms with Crippen molar-refractivity contribution in [2.75, 3.05) is 4.72 Å². The van der Waals surface area contributed by atoms with E-state index in [2.05, 4.69) is 21.8 Å². The van der Waals surface area contributed by atoms with Gasteiger partial charge in [0.1, 0.15) is 0 Å². The summed E-state index contributed by atoms with van der Waals surface area (Å²) in [6.45, 7) is 0. The van der Waals surface area contributed by atoms with Crippen LogP contribution >= 0.6 is 0 Å². The third kappa shape index (κ3) is 3.05. The highest BCUT2D eigenvalue weighted by atomic mass is 32.2. The number of fused-ring (bicyclic) bond motifs is 3. The van der Waals surface area contributed by atoms with E-state index < -0.39 is 10.0 Å². The van der Waals surface area contributed by atoms with Crippen LogP contribution in [0.3, 0.4) is 0 Å². The van der Waals surface area contributed by atoms with Crippen molar-refractivity contribution in [3.63, 3.8) is 0 Å². The van der Waals surface area contributed by atoms with Crippen molar-refractivity contribution in [3.8, 4) is 11.1 Å². The Kier molecular flexibility index (Phi) is 4.11. The maximum absolute atomic E-state index is 12.9. The molecule has 4 aromatic carbocycles. The van der Waals surface area contributed by atoms with Gasteiger partial charge in [0.15, 0.2) is 0 Å². The highest BCUT2D eigenvalue weighted by Gasteiger charge is 2.17. The predicted octanol–water partition coefficient (Wildman–Crippen LogP) is 5.79. The van der Waals surface area contributed by atoms with E-state index in [1.165, 1.54) is 0 Å². The van der Waals surface area contributed by atoms with Crippen LogP contribution in [0.25, 0.3) is 32.9 Å². The van der Waals surface area contributed by atoms with E-state index in [9.17, 15) is 8.42 Å². The molecule has 0 amide bonds. The van der Waals surface area contributed by atoms with Crippen LogP contribution in [-0.4, -0.2) is 13.4 Å². The second kappa shape index (κ2) is 6.79. The van der Waals surface area contributed by atoms with Crippen molar-refractivity contribution in [3.05, 3.63) is 97.1 Å². The lowest BCUT2D eigenvalue weighted by molar-refractivity contribution is 0.601. The predicted molar refractivity (Wildman–Crippen MR) is 118 cm³/mol. The van der Waals surface area contributed by atoms with Gasteiger partial charge in [-0.3, -0.25) is 4.72 Å². The highest BCUT2D eigenvalue weighted by Crippen LogP contribution is 2.36. The second-order valence-electron chi connectivity index (χ2n) is 6.86. The lowest BCUT2D eigenvalue weighted by atomic mass is 10.0. The fraction of sp³-hybridized carbons (Fsp3) is 0. The number of hydrogen-bond acceptors (Lipinski definition) is 2. The van der Waals surface area contributed by atoms with Gasteiger partial charge in [0.25, 0.3) is 10.0 Å². The standard InChI is InChI=1S/C24H18N2O2S/c27-29(28,17-9-2-1-3-10-17)26-23-16-7-5-12-19(23)21-14-8-13-20-18-11-4-6-15-22(18)25-24(20)21/h1-16,25-26H. The average molecular weight is 398 g/mol. The molecule has 0 unspecified atom stereocenters. The first kappa shape index (κ1) is 17.5. The molecule has 2 N–H and O–H groups in total. The molecule has 1 aromatic heterocycles. The molecule has 0 saturated heterocycles. The van der Waals surface area contributed by atoms with Crippen molar-refractivity contribution < 1.29 is 8.42 Å². The van der Waals surface area contributed by atoms with Crippen molar-refractivity contribution in [1.82, 2.24) is 4.98 Å². The molecule has 5 aromatic rings. The van der Waals surface area contributed by atoms with Crippen LogP contribution in [0.4, 0.5) is 5.69 Å². The summed E-state index contributed by atoms with van der Waals surface area (Å²) in [4.78, 5) is 3.72. The number of anilines is 1. The van der Waals surface area contributed by atoms with Crippen LogP contribution in [0, 0.1) is 0 Å². The van der Waals surface area contributed by atoms with Crippen LogP contribution in [0.15, 0.2) is 102 Å². The minimum atomic E-state index is -3.68. The Hall–Kier alpha value is -3.57. The molecule has 0 saturated carbocycles. The van der Waals surface area contributed by atoms with Crippen molar-refractivity contribution in [2.45, 2.75) is 4.90 Å². The summed E-state index contributed by atoms with van der Waals surface area (Å²) in [5.41, 5.74) is 4.36. The molecule has 142 valence electrons. The van der Waals surface area contributed by atoms with Gasteiger partial charge in [-0.05, 0) is 24.3 Å². The van der Waals surface area contributed by atoms with E-state index in [0.717, 1.165) is 32.9 Å². The van der Waals surface area contributed by atoms with Gasteiger partial charge in [-0.25, -0.2) is 8.42 Å². The molecular formula is C24H18N2O2S. The first-order chi connectivity index (χ1) is 14.1. The fourth-order valence-electron chi connectivity index (χ4n) is 3.71. The van der Waals surface area contributed by atoms with Crippen LogP contribution < -0.4 is 4.72 Å². The molecule has 0 atom stereocenters. The highest BCUT2D eigenvalue weighted by molar-refractivity contribution is 7.92. The van der Waals surface area contributed by atoms with E-state index in [1.54, 1.807) is 36.4 Å². The van der Waals surface area contributed by atoms with E-state index in [0.29, 0.717) is 5.69 Å². The van der Waals surface area contributed by atoms with Gasteiger partial charge in [0.05, 0.1) is 16.1 Å². The number of aromatic amines is 1. The Morgan fingerprint density at radius 3 is 2.14 bits per heavy atom. The summed E-state index contributed by atoms with van der Waals surface area (Å²) in [7, 11) is -3.68. The molecule has 0 aliphatic rings. The first-order valence-electron chi connectivity index (χ1n) is 9.30. The molecule has 0 aliphatic carbocycles. The van der Waals surface area contributed by atoms with Gasteiger partial charge in [-0.15, -0.1) is 0 Å². The smallest absolute Gasteiger partial charge is 0.261 e. The zero-order valence-electron chi connectivity index (χ0n) is 15.5. The molecule has 0 bridgehead atoms. The number of para-hydroxylation sites is 3. The van der Waals surface area contributed by atoms with Crippen LogP contribution in [0.5, 0.6) is 0 Å². The summed E-state index contributed by atoms with van der Waals surface area (Å²) in [6.07, 6.45) is 0. The van der Waals surface area contributed by atoms with Crippen molar-refractivity contribution in [2.24, 2.45) is 0 Å². The normalized spacial score (nSPS) is 11.7. The third-order valence-corrected chi connectivity index (χ3v) is 6.44. The second-order valence-corrected chi connectivity index (χ2v) is 8.55. The summed E-state index contributed by atoms with van der Waals surface area (Å²) < 4.78 is 28.5. The molecule has 0 fully saturated rings. The molecule has 1 heterocycles. The molecule has 29 heavy (non-hydrogen) atoms. The maximum atomic E-state index is 12.9. The number of aromatic nitrogens is 1. The molecule has 0 radical (unpaired) electrons.